The highest BCUT2D eigenvalue weighted by Crippen LogP contribution is 2.32. The average Bonchev–Trinajstić information content (AvgIpc) is 2.49. The van der Waals surface area contributed by atoms with Gasteiger partial charge in [0.25, 0.3) is 0 Å². The summed E-state index contributed by atoms with van der Waals surface area (Å²) in [5, 5.41) is 14.5. The third-order valence-electron chi connectivity index (χ3n) is 3.88. The van der Waals surface area contributed by atoms with E-state index in [1.54, 1.807) is 0 Å². The molecule has 0 saturated carbocycles. The minimum atomic E-state index is -0.542. The van der Waals surface area contributed by atoms with Gasteiger partial charge in [-0.15, -0.1) is 0 Å². The Bertz CT molecular complexity index is 462. The summed E-state index contributed by atoms with van der Waals surface area (Å²) in [6, 6.07) is 3.75. The van der Waals surface area contributed by atoms with Crippen molar-refractivity contribution in [3.63, 3.8) is 0 Å². The first-order chi connectivity index (χ1) is 10.1. The van der Waals surface area contributed by atoms with Crippen LogP contribution in [0.2, 0.25) is 5.02 Å². The highest BCUT2D eigenvalue weighted by atomic mass is 35.5. The van der Waals surface area contributed by atoms with E-state index < -0.39 is 6.10 Å². The van der Waals surface area contributed by atoms with Gasteiger partial charge in [-0.3, -0.25) is 0 Å². The maximum Gasteiger partial charge on any atom is 0.125 e. The summed E-state index contributed by atoms with van der Waals surface area (Å²) in [4.78, 5) is 2.37. The Morgan fingerprint density at radius 1 is 1.38 bits per heavy atom. The van der Waals surface area contributed by atoms with Crippen LogP contribution >= 0.6 is 11.6 Å². The first kappa shape index (κ1) is 16.6. The molecule has 1 aromatic carbocycles. The van der Waals surface area contributed by atoms with Crippen LogP contribution in [0.25, 0.3) is 0 Å². The Morgan fingerprint density at radius 2 is 2.10 bits per heavy atom. The number of aryl methyl sites for hydroxylation is 1. The van der Waals surface area contributed by atoms with E-state index in [1.165, 1.54) is 0 Å². The standard InChI is InChI=1S/C16H25ClN2O2/c1-3-21-16-10-12(2)14(17)11-13(16)15(20)4-7-19-8-5-18-6-9-19/h10-11,15,18,20H,3-9H2,1-2H3. The molecule has 0 spiro atoms. The highest BCUT2D eigenvalue weighted by Gasteiger charge is 2.18. The quantitative estimate of drug-likeness (QED) is 0.846. The second-order valence-electron chi connectivity index (χ2n) is 5.47. The lowest BCUT2D eigenvalue weighted by Crippen LogP contribution is -2.44. The van der Waals surface area contributed by atoms with Crippen LogP contribution in [0.5, 0.6) is 5.75 Å². The van der Waals surface area contributed by atoms with Gasteiger partial charge in [-0.1, -0.05) is 11.6 Å². The maximum atomic E-state index is 10.5. The van der Waals surface area contributed by atoms with E-state index in [0.29, 0.717) is 18.1 Å². The number of nitrogens with one attached hydrogen (secondary N) is 1. The smallest absolute Gasteiger partial charge is 0.125 e. The molecule has 1 saturated heterocycles. The van der Waals surface area contributed by atoms with Gasteiger partial charge in [0.15, 0.2) is 0 Å². The van der Waals surface area contributed by atoms with Gasteiger partial charge in [-0.25, -0.2) is 0 Å². The van der Waals surface area contributed by atoms with E-state index in [0.717, 1.165) is 49.6 Å². The van der Waals surface area contributed by atoms with Crippen LogP contribution < -0.4 is 10.1 Å². The van der Waals surface area contributed by atoms with Crippen LogP contribution in [0.15, 0.2) is 12.1 Å². The van der Waals surface area contributed by atoms with Crippen molar-refractivity contribution >= 4 is 11.6 Å². The SMILES string of the molecule is CCOc1cc(C)c(Cl)cc1C(O)CCN1CCNCC1. The molecule has 1 atom stereocenters. The molecule has 5 heteroatoms. The number of aliphatic hydroxyl groups is 1. The van der Waals surface area contributed by atoms with Crippen molar-refractivity contribution in [1.29, 1.82) is 0 Å². The predicted octanol–water partition coefficient (Wildman–Crippen LogP) is 2.38. The van der Waals surface area contributed by atoms with Gasteiger partial charge in [0.05, 0.1) is 12.7 Å². The molecule has 4 nitrogen and oxygen atoms in total. The second-order valence-corrected chi connectivity index (χ2v) is 5.88. The molecule has 0 aromatic heterocycles. The van der Waals surface area contributed by atoms with Crippen LogP contribution in [-0.4, -0.2) is 49.3 Å². The van der Waals surface area contributed by atoms with E-state index in [9.17, 15) is 5.11 Å². The maximum absolute atomic E-state index is 10.5. The normalized spacial score (nSPS) is 17.7. The lowest BCUT2D eigenvalue weighted by molar-refractivity contribution is 0.133. The summed E-state index contributed by atoms with van der Waals surface area (Å²) >= 11 is 6.19. The van der Waals surface area contributed by atoms with Crippen molar-refractivity contribution in [1.82, 2.24) is 10.2 Å². The van der Waals surface area contributed by atoms with E-state index in [2.05, 4.69) is 10.2 Å². The zero-order valence-electron chi connectivity index (χ0n) is 12.9. The third kappa shape index (κ3) is 4.58. The number of hydrogen-bond acceptors (Lipinski definition) is 4. The molecule has 21 heavy (non-hydrogen) atoms. The average molecular weight is 313 g/mol. The topological polar surface area (TPSA) is 44.7 Å². The minimum Gasteiger partial charge on any atom is -0.493 e. The zero-order valence-corrected chi connectivity index (χ0v) is 13.6. The number of ether oxygens (including phenoxy) is 1. The van der Waals surface area contributed by atoms with Crippen LogP contribution in [-0.2, 0) is 0 Å². The number of aliphatic hydroxyl groups excluding tert-OH is 1. The summed E-state index contributed by atoms with van der Waals surface area (Å²) in [6.07, 6.45) is 0.152. The molecule has 0 radical (unpaired) electrons. The van der Waals surface area contributed by atoms with E-state index in [1.807, 2.05) is 26.0 Å². The fraction of sp³-hybridized carbons (Fsp3) is 0.625. The van der Waals surface area contributed by atoms with Gasteiger partial charge in [0.2, 0.25) is 0 Å². The fourth-order valence-corrected chi connectivity index (χ4v) is 2.78. The van der Waals surface area contributed by atoms with Crippen molar-refractivity contribution in [2.45, 2.75) is 26.4 Å². The van der Waals surface area contributed by atoms with Crippen molar-refractivity contribution in [3.05, 3.63) is 28.3 Å². The molecule has 1 fully saturated rings. The summed E-state index contributed by atoms with van der Waals surface area (Å²) in [7, 11) is 0. The van der Waals surface area contributed by atoms with E-state index >= 15 is 0 Å². The number of rotatable bonds is 6. The van der Waals surface area contributed by atoms with E-state index in [4.69, 9.17) is 16.3 Å². The van der Waals surface area contributed by atoms with Crippen LogP contribution in [0.4, 0.5) is 0 Å². The van der Waals surface area contributed by atoms with Gasteiger partial charge >= 0.3 is 0 Å². The van der Waals surface area contributed by atoms with Crippen LogP contribution in [0.3, 0.4) is 0 Å². The molecule has 1 aliphatic rings. The van der Waals surface area contributed by atoms with Gasteiger partial charge in [0.1, 0.15) is 5.75 Å². The first-order valence-electron chi connectivity index (χ1n) is 7.65. The van der Waals surface area contributed by atoms with Crippen molar-refractivity contribution in [2.75, 3.05) is 39.3 Å². The molecular weight excluding hydrogens is 288 g/mol. The lowest BCUT2D eigenvalue weighted by Gasteiger charge is -2.28. The number of piperazine rings is 1. The van der Waals surface area contributed by atoms with Crippen molar-refractivity contribution < 1.29 is 9.84 Å². The minimum absolute atomic E-state index is 0.542. The molecule has 2 N–H and O–H groups in total. The Morgan fingerprint density at radius 3 is 2.76 bits per heavy atom. The molecule has 0 bridgehead atoms. The fourth-order valence-electron chi connectivity index (χ4n) is 2.61. The zero-order chi connectivity index (χ0) is 15.2. The number of nitrogens with zero attached hydrogens (tertiary/aromatic N) is 1. The summed E-state index contributed by atoms with van der Waals surface area (Å²) in [6.45, 7) is 9.49. The van der Waals surface area contributed by atoms with Crippen molar-refractivity contribution in [3.8, 4) is 5.75 Å². The Balaban J connectivity index is 2.02. The van der Waals surface area contributed by atoms with Crippen LogP contribution in [0, 0.1) is 6.92 Å². The molecule has 1 aromatic rings. The third-order valence-corrected chi connectivity index (χ3v) is 4.29. The van der Waals surface area contributed by atoms with Crippen LogP contribution in [0.1, 0.15) is 30.6 Å². The summed E-state index contributed by atoms with van der Waals surface area (Å²) in [5.74, 6) is 0.743. The van der Waals surface area contributed by atoms with Gasteiger partial charge in [-0.2, -0.15) is 0 Å². The molecule has 118 valence electrons. The van der Waals surface area contributed by atoms with Gasteiger partial charge in [0, 0.05) is 43.3 Å². The highest BCUT2D eigenvalue weighted by molar-refractivity contribution is 6.31. The predicted molar refractivity (Wildman–Crippen MR) is 86.2 cm³/mol. The first-order valence-corrected chi connectivity index (χ1v) is 8.03. The Kier molecular flexibility index (Phi) is 6.30. The molecule has 0 amide bonds. The molecule has 1 unspecified atom stereocenters. The Labute approximate surface area is 132 Å². The molecule has 2 rings (SSSR count). The summed E-state index contributed by atoms with van der Waals surface area (Å²) < 4.78 is 5.64. The monoisotopic (exact) mass is 312 g/mol. The van der Waals surface area contributed by atoms with Gasteiger partial charge < -0.3 is 20.1 Å². The van der Waals surface area contributed by atoms with Gasteiger partial charge in [-0.05, 0) is 38.0 Å². The van der Waals surface area contributed by atoms with Crippen molar-refractivity contribution in [2.24, 2.45) is 0 Å². The molecule has 0 aliphatic carbocycles. The van der Waals surface area contributed by atoms with E-state index in [-0.39, 0.29) is 0 Å². The Hall–Kier alpha value is -0.810. The summed E-state index contributed by atoms with van der Waals surface area (Å²) in [5.41, 5.74) is 1.76. The number of halogens is 1. The molecular formula is C16H25ClN2O2. The largest absolute Gasteiger partial charge is 0.493 e. The number of hydrogen-bond donors (Lipinski definition) is 2. The number of benzene rings is 1. The lowest BCUT2D eigenvalue weighted by atomic mass is 10.0. The molecule has 1 aliphatic heterocycles. The molecule has 1 heterocycles. The second kappa shape index (κ2) is 7.99.